The number of carbonyl (C=O) groups is 5. The van der Waals surface area contributed by atoms with Crippen LogP contribution in [0.3, 0.4) is 0 Å². The van der Waals surface area contributed by atoms with Crippen LogP contribution in [-0.4, -0.2) is 76.5 Å². The van der Waals surface area contributed by atoms with Crippen LogP contribution in [0, 0.1) is 0 Å². The van der Waals surface area contributed by atoms with E-state index in [2.05, 4.69) is 10.6 Å². The highest BCUT2D eigenvalue weighted by molar-refractivity contribution is 5.92. The molecular weight excluding hydrogens is 336 g/mol. The summed E-state index contributed by atoms with van der Waals surface area (Å²) in [6.07, 6.45) is 0.673. The molecule has 1 rings (SSSR count). The van der Waals surface area contributed by atoms with E-state index in [1.54, 1.807) is 0 Å². The molecule has 2 atom stereocenters. The van der Waals surface area contributed by atoms with Crippen LogP contribution in [0.25, 0.3) is 0 Å². The number of carboxylic acid groups (broad SMARTS) is 2. The van der Waals surface area contributed by atoms with Gasteiger partial charge in [-0.25, -0.2) is 0 Å². The maximum absolute atomic E-state index is 12.2. The Hall–Kier alpha value is -2.69. The van der Waals surface area contributed by atoms with Crippen molar-refractivity contribution in [3.63, 3.8) is 0 Å². The van der Waals surface area contributed by atoms with Gasteiger partial charge in [0.25, 0.3) is 0 Å². The Bertz CT molecular complexity index is 551. The number of carbonyl (C=O) groups excluding carboxylic acids is 3. The number of likely N-dealkylation sites (tertiary alicyclic amines) is 1. The van der Waals surface area contributed by atoms with Gasteiger partial charge in [-0.05, 0) is 19.3 Å². The molecule has 0 bridgehead atoms. The van der Waals surface area contributed by atoms with E-state index in [9.17, 15) is 24.0 Å². The second-order valence-corrected chi connectivity index (χ2v) is 5.61. The highest BCUT2D eigenvalue weighted by Gasteiger charge is 2.34. The van der Waals surface area contributed by atoms with Gasteiger partial charge < -0.3 is 31.5 Å². The number of aliphatic carboxylic acids is 2. The molecule has 11 heteroatoms. The fourth-order valence-electron chi connectivity index (χ4n) is 2.42. The van der Waals surface area contributed by atoms with E-state index in [1.165, 1.54) is 4.90 Å². The van der Waals surface area contributed by atoms with E-state index in [1.807, 2.05) is 0 Å². The largest absolute Gasteiger partial charge is 0.481 e. The summed E-state index contributed by atoms with van der Waals surface area (Å²) in [6.45, 7) is -0.584. The van der Waals surface area contributed by atoms with Crippen molar-refractivity contribution in [2.45, 2.75) is 37.8 Å². The van der Waals surface area contributed by atoms with Crippen LogP contribution in [0.15, 0.2) is 0 Å². The number of hydrogen-bond donors (Lipinski definition) is 5. The second kappa shape index (κ2) is 9.57. The van der Waals surface area contributed by atoms with Gasteiger partial charge in [-0.1, -0.05) is 0 Å². The van der Waals surface area contributed by atoms with Crippen molar-refractivity contribution in [2.75, 3.05) is 19.6 Å². The molecule has 0 aromatic carbocycles. The first kappa shape index (κ1) is 20.4. The van der Waals surface area contributed by atoms with Crippen molar-refractivity contribution in [1.82, 2.24) is 15.5 Å². The van der Waals surface area contributed by atoms with Gasteiger partial charge in [-0.3, -0.25) is 24.0 Å². The van der Waals surface area contributed by atoms with Gasteiger partial charge in [0.2, 0.25) is 17.7 Å². The van der Waals surface area contributed by atoms with Gasteiger partial charge in [-0.2, -0.15) is 0 Å². The predicted octanol–water partition coefficient (Wildman–Crippen LogP) is -2.51. The minimum atomic E-state index is -1.19. The molecule has 25 heavy (non-hydrogen) atoms. The Morgan fingerprint density at radius 2 is 1.76 bits per heavy atom. The molecule has 1 aliphatic rings. The lowest BCUT2D eigenvalue weighted by Crippen LogP contribution is -2.51. The lowest BCUT2D eigenvalue weighted by Gasteiger charge is -2.24. The zero-order chi connectivity index (χ0) is 19.0. The van der Waals surface area contributed by atoms with Gasteiger partial charge in [0.05, 0.1) is 12.6 Å². The van der Waals surface area contributed by atoms with Crippen molar-refractivity contribution in [3.8, 4) is 0 Å². The predicted molar refractivity (Wildman–Crippen MR) is 83.2 cm³/mol. The number of amides is 3. The molecule has 1 heterocycles. The number of carboxylic acids is 2. The lowest BCUT2D eigenvalue weighted by molar-refractivity contribution is -0.141. The number of nitrogens with zero attached hydrogens (tertiary/aromatic N) is 1. The highest BCUT2D eigenvalue weighted by atomic mass is 16.4. The molecule has 1 saturated heterocycles. The summed E-state index contributed by atoms with van der Waals surface area (Å²) in [6, 6.07) is -1.82. The first-order valence-corrected chi connectivity index (χ1v) is 7.76. The Balaban J connectivity index is 2.47. The average Bonchev–Trinajstić information content (AvgIpc) is 3.04. The first-order valence-electron chi connectivity index (χ1n) is 7.76. The molecule has 0 spiro atoms. The second-order valence-electron chi connectivity index (χ2n) is 5.61. The molecule has 1 aliphatic heterocycles. The van der Waals surface area contributed by atoms with Crippen molar-refractivity contribution >= 4 is 29.7 Å². The standard InChI is InChI=1S/C14H22N4O7/c15-8(3-4-11(20)21)13(24)16-6-10(19)18-5-1-2-9(18)14(25)17-7-12(22)23/h8-9H,1-7,15H2,(H,16,24)(H,17,25)(H,20,21)(H,22,23). The van der Waals surface area contributed by atoms with E-state index < -0.39 is 48.3 Å². The van der Waals surface area contributed by atoms with Crippen LogP contribution in [0.5, 0.6) is 0 Å². The molecule has 2 unspecified atom stereocenters. The molecular formula is C14H22N4O7. The Labute approximate surface area is 143 Å². The Kier molecular flexibility index (Phi) is 7.79. The summed E-state index contributed by atoms with van der Waals surface area (Å²) in [7, 11) is 0. The molecule has 3 amide bonds. The Morgan fingerprint density at radius 3 is 2.36 bits per heavy atom. The van der Waals surface area contributed by atoms with Crippen molar-refractivity contribution in [1.29, 1.82) is 0 Å². The SMILES string of the molecule is NC(CCC(=O)O)C(=O)NCC(=O)N1CCCC1C(=O)NCC(=O)O. The van der Waals surface area contributed by atoms with Crippen LogP contribution in [0.4, 0.5) is 0 Å². The maximum Gasteiger partial charge on any atom is 0.322 e. The summed E-state index contributed by atoms with van der Waals surface area (Å²) in [5.74, 6) is -3.97. The van der Waals surface area contributed by atoms with Crippen molar-refractivity contribution in [3.05, 3.63) is 0 Å². The van der Waals surface area contributed by atoms with E-state index in [0.29, 0.717) is 19.4 Å². The number of nitrogens with one attached hydrogen (secondary N) is 2. The van der Waals surface area contributed by atoms with Gasteiger partial charge in [0.1, 0.15) is 12.6 Å². The molecule has 6 N–H and O–H groups in total. The fourth-order valence-corrected chi connectivity index (χ4v) is 2.42. The van der Waals surface area contributed by atoms with Gasteiger partial charge in [-0.15, -0.1) is 0 Å². The van der Waals surface area contributed by atoms with E-state index >= 15 is 0 Å². The fraction of sp³-hybridized carbons (Fsp3) is 0.643. The Morgan fingerprint density at radius 1 is 1.08 bits per heavy atom. The van der Waals surface area contributed by atoms with Gasteiger partial charge in [0.15, 0.2) is 0 Å². The summed E-state index contributed by atoms with van der Waals surface area (Å²) in [4.78, 5) is 58.0. The third kappa shape index (κ3) is 6.75. The maximum atomic E-state index is 12.2. The number of nitrogens with two attached hydrogens (primary N) is 1. The normalized spacial score (nSPS) is 17.6. The zero-order valence-corrected chi connectivity index (χ0v) is 13.6. The monoisotopic (exact) mass is 358 g/mol. The van der Waals surface area contributed by atoms with E-state index in [0.717, 1.165) is 0 Å². The van der Waals surface area contributed by atoms with Crippen molar-refractivity contribution in [2.24, 2.45) is 5.73 Å². The van der Waals surface area contributed by atoms with Gasteiger partial charge in [0, 0.05) is 13.0 Å². The van der Waals surface area contributed by atoms with Crippen molar-refractivity contribution < 1.29 is 34.2 Å². The topological polar surface area (TPSA) is 179 Å². The van der Waals surface area contributed by atoms with E-state index in [-0.39, 0.29) is 19.4 Å². The molecule has 0 aromatic heterocycles. The minimum Gasteiger partial charge on any atom is -0.481 e. The quantitative estimate of drug-likeness (QED) is 0.300. The van der Waals surface area contributed by atoms with Crippen LogP contribution in [0.1, 0.15) is 25.7 Å². The molecule has 0 aliphatic carbocycles. The lowest BCUT2D eigenvalue weighted by atomic mass is 10.1. The molecule has 0 radical (unpaired) electrons. The molecule has 0 saturated carbocycles. The molecule has 0 aromatic rings. The summed E-state index contributed by atoms with van der Waals surface area (Å²) < 4.78 is 0. The average molecular weight is 358 g/mol. The number of hydrogen-bond acceptors (Lipinski definition) is 6. The molecule has 140 valence electrons. The van der Waals surface area contributed by atoms with Crippen LogP contribution >= 0.6 is 0 Å². The van der Waals surface area contributed by atoms with Crippen LogP contribution in [-0.2, 0) is 24.0 Å². The third-order valence-corrected chi connectivity index (χ3v) is 3.71. The third-order valence-electron chi connectivity index (χ3n) is 3.71. The summed E-state index contributed by atoms with van der Waals surface area (Å²) >= 11 is 0. The van der Waals surface area contributed by atoms with E-state index in [4.69, 9.17) is 15.9 Å². The number of rotatable bonds is 9. The van der Waals surface area contributed by atoms with Gasteiger partial charge >= 0.3 is 11.9 Å². The first-order chi connectivity index (χ1) is 11.7. The highest BCUT2D eigenvalue weighted by Crippen LogP contribution is 2.17. The van der Waals surface area contributed by atoms with Crippen LogP contribution < -0.4 is 16.4 Å². The summed E-state index contributed by atoms with van der Waals surface area (Å²) in [5, 5.41) is 21.6. The molecule has 1 fully saturated rings. The molecule has 11 nitrogen and oxygen atoms in total. The summed E-state index contributed by atoms with van der Waals surface area (Å²) in [5.41, 5.74) is 5.53. The zero-order valence-electron chi connectivity index (χ0n) is 13.6. The minimum absolute atomic E-state index is 0.0563. The smallest absolute Gasteiger partial charge is 0.322 e. The van der Waals surface area contributed by atoms with Crippen LogP contribution in [0.2, 0.25) is 0 Å².